The lowest BCUT2D eigenvalue weighted by Crippen LogP contribution is -2.49. The van der Waals surface area contributed by atoms with Gasteiger partial charge < -0.3 is 10.2 Å². The van der Waals surface area contributed by atoms with Crippen molar-refractivity contribution in [1.82, 2.24) is 15.2 Å². The second kappa shape index (κ2) is 6.24. The van der Waals surface area contributed by atoms with Crippen molar-refractivity contribution in [3.8, 4) is 0 Å². The fraction of sp³-hybridized carbons (Fsp3) is 0.562. The SMILES string of the molecule is CN(CCc1ccncc1)C(=O)C(C)(C)C(=O)NC1CC1. The Morgan fingerprint density at radius 1 is 1.33 bits per heavy atom. The first-order valence-electron chi connectivity index (χ1n) is 7.36. The van der Waals surface area contributed by atoms with E-state index in [1.807, 2.05) is 12.1 Å². The van der Waals surface area contributed by atoms with Crippen molar-refractivity contribution < 1.29 is 9.59 Å². The molecule has 1 aliphatic rings. The fourth-order valence-electron chi connectivity index (χ4n) is 2.12. The van der Waals surface area contributed by atoms with E-state index in [9.17, 15) is 9.59 Å². The number of carbonyl (C=O) groups is 2. The number of nitrogens with one attached hydrogen (secondary N) is 1. The van der Waals surface area contributed by atoms with Gasteiger partial charge in [0.1, 0.15) is 5.41 Å². The van der Waals surface area contributed by atoms with Gasteiger partial charge in [0.2, 0.25) is 11.8 Å². The van der Waals surface area contributed by atoms with Crippen LogP contribution in [0.2, 0.25) is 0 Å². The van der Waals surface area contributed by atoms with Crippen molar-refractivity contribution in [3.05, 3.63) is 30.1 Å². The van der Waals surface area contributed by atoms with Crippen molar-refractivity contribution in [2.45, 2.75) is 39.2 Å². The highest BCUT2D eigenvalue weighted by molar-refractivity contribution is 6.04. The summed E-state index contributed by atoms with van der Waals surface area (Å²) in [5.41, 5.74) is 0.111. The molecular formula is C16H23N3O2. The quantitative estimate of drug-likeness (QED) is 0.805. The lowest BCUT2D eigenvalue weighted by atomic mass is 9.90. The summed E-state index contributed by atoms with van der Waals surface area (Å²) >= 11 is 0. The van der Waals surface area contributed by atoms with Gasteiger partial charge in [-0.05, 0) is 50.8 Å². The maximum absolute atomic E-state index is 12.5. The second-order valence-corrected chi connectivity index (χ2v) is 6.20. The smallest absolute Gasteiger partial charge is 0.237 e. The van der Waals surface area contributed by atoms with Gasteiger partial charge in [-0.1, -0.05) is 0 Å². The van der Waals surface area contributed by atoms with Crippen LogP contribution in [0, 0.1) is 5.41 Å². The highest BCUT2D eigenvalue weighted by atomic mass is 16.2. The van der Waals surface area contributed by atoms with E-state index in [0.29, 0.717) is 6.54 Å². The molecule has 1 heterocycles. The molecule has 21 heavy (non-hydrogen) atoms. The number of amides is 2. The minimum atomic E-state index is -1.02. The first-order chi connectivity index (χ1) is 9.91. The molecule has 2 amide bonds. The maximum Gasteiger partial charge on any atom is 0.237 e. The van der Waals surface area contributed by atoms with Gasteiger partial charge in [-0.25, -0.2) is 0 Å². The number of nitrogens with zero attached hydrogens (tertiary/aromatic N) is 2. The predicted octanol–water partition coefficient (Wildman–Crippen LogP) is 1.39. The molecule has 1 saturated carbocycles. The van der Waals surface area contributed by atoms with Crippen LogP contribution in [0.1, 0.15) is 32.3 Å². The lowest BCUT2D eigenvalue weighted by Gasteiger charge is -2.28. The molecule has 0 unspecified atom stereocenters. The zero-order valence-electron chi connectivity index (χ0n) is 12.9. The summed E-state index contributed by atoms with van der Waals surface area (Å²) < 4.78 is 0. The van der Waals surface area contributed by atoms with E-state index in [2.05, 4.69) is 10.3 Å². The maximum atomic E-state index is 12.5. The van der Waals surface area contributed by atoms with Crippen LogP contribution in [-0.4, -0.2) is 41.3 Å². The molecule has 0 aromatic carbocycles. The van der Waals surface area contributed by atoms with Gasteiger partial charge in [0, 0.05) is 32.0 Å². The van der Waals surface area contributed by atoms with Crippen LogP contribution in [0.3, 0.4) is 0 Å². The van der Waals surface area contributed by atoms with Gasteiger partial charge in [-0.3, -0.25) is 14.6 Å². The molecule has 1 aliphatic carbocycles. The highest BCUT2D eigenvalue weighted by Crippen LogP contribution is 2.24. The summed E-state index contributed by atoms with van der Waals surface area (Å²) in [5, 5.41) is 2.91. The predicted molar refractivity (Wildman–Crippen MR) is 80.5 cm³/mol. The molecule has 0 atom stereocenters. The summed E-state index contributed by atoms with van der Waals surface area (Å²) in [6.07, 6.45) is 6.28. The Morgan fingerprint density at radius 3 is 2.52 bits per heavy atom. The van der Waals surface area contributed by atoms with Crippen LogP contribution in [0.4, 0.5) is 0 Å². The van der Waals surface area contributed by atoms with E-state index in [4.69, 9.17) is 0 Å². The molecule has 0 saturated heterocycles. The highest BCUT2D eigenvalue weighted by Gasteiger charge is 2.40. The number of pyridine rings is 1. The molecule has 0 aliphatic heterocycles. The van der Waals surface area contributed by atoms with Crippen LogP contribution >= 0.6 is 0 Å². The van der Waals surface area contributed by atoms with Crippen molar-refractivity contribution >= 4 is 11.8 Å². The molecule has 0 spiro atoms. The van der Waals surface area contributed by atoms with Crippen molar-refractivity contribution in [1.29, 1.82) is 0 Å². The van der Waals surface area contributed by atoms with E-state index in [1.165, 1.54) is 0 Å². The van der Waals surface area contributed by atoms with E-state index >= 15 is 0 Å². The van der Waals surface area contributed by atoms with Gasteiger partial charge in [0.25, 0.3) is 0 Å². The van der Waals surface area contributed by atoms with Gasteiger partial charge in [0.05, 0.1) is 0 Å². The number of hydrogen-bond acceptors (Lipinski definition) is 3. The van der Waals surface area contributed by atoms with E-state index < -0.39 is 5.41 Å². The van der Waals surface area contributed by atoms with Gasteiger partial charge >= 0.3 is 0 Å². The minimum Gasteiger partial charge on any atom is -0.352 e. The first kappa shape index (κ1) is 15.5. The minimum absolute atomic E-state index is 0.144. The molecule has 1 fully saturated rings. The number of rotatable bonds is 6. The van der Waals surface area contributed by atoms with Crippen molar-refractivity contribution in [2.75, 3.05) is 13.6 Å². The molecule has 1 aromatic rings. The first-order valence-corrected chi connectivity index (χ1v) is 7.36. The van der Waals surface area contributed by atoms with Crippen LogP contribution < -0.4 is 5.32 Å². The number of aromatic nitrogens is 1. The number of likely N-dealkylation sites (N-methyl/N-ethyl adjacent to an activating group) is 1. The summed E-state index contributed by atoms with van der Waals surface area (Å²) in [6, 6.07) is 4.14. The van der Waals surface area contributed by atoms with E-state index in [0.717, 1.165) is 24.8 Å². The lowest BCUT2D eigenvalue weighted by molar-refractivity contribution is -0.147. The van der Waals surface area contributed by atoms with Crippen molar-refractivity contribution in [2.24, 2.45) is 5.41 Å². The van der Waals surface area contributed by atoms with Gasteiger partial charge in [-0.2, -0.15) is 0 Å². The summed E-state index contributed by atoms with van der Waals surface area (Å²) in [5.74, 6) is -0.319. The zero-order chi connectivity index (χ0) is 15.5. The number of carbonyl (C=O) groups excluding carboxylic acids is 2. The molecule has 0 radical (unpaired) electrons. The fourth-order valence-corrected chi connectivity index (χ4v) is 2.12. The normalized spacial score (nSPS) is 14.6. The van der Waals surface area contributed by atoms with Crippen LogP contribution in [-0.2, 0) is 16.0 Å². The average Bonchev–Trinajstić information content (AvgIpc) is 3.28. The Balaban J connectivity index is 1.89. The van der Waals surface area contributed by atoms with Crippen LogP contribution in [0.25, 0.3) is 0 Å². The van der Waals surface area contributed by atoms with Crippen LogP contribution in [0.15, 0.2) is 24.5 Å². The Bertz CT molecular complexity index is 510. The van der Waals surface area contributed by atoms with E-state index in [1.54, 1.807) is 38.2 Å². The standard InChI is InChI=1S/C16H23N3O2/c1-16(2,14(20)18-13-4-5-13)15(21)19(3)11-8-12-6-9-17-10-7-12/h6-7,9-10,13H,4-5,8,11H2,1-3H3,(H,18,20). The summed E-state index contributed by atoms with van der Waals surface area (Å²) in [7, 11) is 1.75. The largest absolute Gasteiger partial charge is 0.352 e. The molecule has 5 nitrogen and oxygen atoms in total. The molecule has 1 N–H and O–H groups in total. The summed E-state index contributed by atoms with van der Waals surface area (Å²) in [6.45, 7) is 3.97. The monoisotopic (exact) mass is 289 g/mol. The van der Waals surface area contributed by atoms with Gasteiger partial charge in [-0.15, -0.1) is 0 Å². The molecule has 1 aromatic heterocycles. The Morgan fingerprint density at radius 2 is 1.95 bits per heavy atom. The molecule has 114 valence electrons. The topological polar surface area (TPSA) is 62.3 Å². The molecular weight excluding hydrogens is 266 g/mol. The van der Waals surface area contributed by atoms with E-state index in [-0.39, 0.29) is 17.9 Å². The third kappa shape index (κ3) is 4.03. The average molecular weight is 289 g/mol. The molecule has 5 heteroatoms. The number of hydrogen-bond donors (Lipinski definition) is 1. The third-order valence-corrected chi connectivity index (χ3v) is 3.85. The summed E-state index contributed by atoms with van der Waals surface area (Å²) in [4.78, 5) is 30.3. The van der Waals surface area contributed by atoms with Crippen LogP contribution in [0.5, 0.6) is 0 Å². The van der Waals surface area contributed by atoms with Gasteiger partial charge in [0.15, 0.2) is 0 Å². The molecule has 2 rings (SSSR count). The Hall–Kier alpha value is -1.91. The third-order valence-electron chi connectivity index (χ3n) is 3.85. The Labute approximate surface area is 125 Å². The van der Waals surface area contributed by atoms with Crippen molar-refractivity contribution in [3.63, 3.8) is 0 Å². The zero-order valence-corrected chi connectivity index (χ0v) is 12.9. The Kier molecular flexibility index (Phi) is 4.60. The molecule has 0 bridgehead atoms. The second-order valence-electron chi connectivity index (χ2n) is 6.20.